The third-order valence-electron chi connectivity index (χ3n) is 2.99. The molecular formula is C16H16N2O3. The summed E-state index contributed by atoms with van der Waals surface area (Å²) in [5.41, 5.74) is 13.0. The summed E-state index contributed by atoms with van der Waals surface area (Å²) >= 11 is 0. The Morgan fingerprint density at radius 2 is 1.90 bits per heavy atom. The minimum atomic E-state index is -0.492. The highest BCUT2D eigenvalue weighted by Crippen LogP contribution is 2.23. The molecule has 5 nitrogen and oxygen atoms in total. The van der Waals surface area contributed by atoms with Crippen molar-refractivity contribution in [2.45, 2.75) is 13.5 Å². The predicted molar refractivity (Wildman–Crippen MR) is 80.2 cm³/mol. The van der Waals surface area contributed by atoms with Crippen molar-refractivity contribution in [3.63, 3.8) is 0 Å². The number of Topliss-reactive ketones (excluding diaryl/α,β-unsaturated/α-hetero) is 1. The predicted octanol–water partition coefficient (Wildman–Crippen LogP) is 2.15. The van der Waals surface area contributed by atoms with E-state index in [1.54, 1.807) is 36.4 Å². The normalized spacial score (nSPS) is 10.1. The number of primary amides is 1. The van der Waals surface area contributed by atoms with Gasteiger partial charge in [-0.05, 0) is 42.8 Å². The highest BCUT2D eigenvalue weighted by molar-refractivity contribution is 5.97. The zero-order chi connectivity index (χ0) is 15.4. The molecule has 0 unspecified atom stereocenters. The van der Waals surface area contributed by atoms with Crippen molar-refractivity contribution < 1.29 is 14.3 Å². The number of benzene rings is 2. The quantitative estimate of drug-likeness (QED) is 0.649. The third kappa shape index (κ3) is 3.60. The number of anilines is 1. The number of nitrogens with two attached hydrogens (primary N) is 2. The first kappa shape index (κ1) is 14.6. The van der Waals surface area contributed by atoms with Crippen LogP contribution in [0.3, 0.4) is 0 Å². The second-order valence-electron chi connectivity index (χ2n) is 4.67. The Kier molecular flexibility index (Phi) is 4.23. The van der Waals surface area contributed by atoms with Crippen LogP contribution in [-0.4, -0.2) is 11.7 Å². The van der Waals surface area contributed by atoms with Crippen LogP contribution in [0, 0.1) is 0 Å². The van der Waals surface area contributed by atoms with Crippen LogP contribution in [0.15, 0.2) is 42.5 Å². The molecule has 0 bridgehead atoms. The van der Waals surface area contributed by atoms with Gasteiger partial charge in [0.2, 0.25) is 5.91 Å². The van der Waals surface area contributed by atoms with Gasteiger partial charge in [-0.25, -0.2) is 0 Å². The number of hydrogen-bond donors (Lipinski definition) is 2. The van der Waals surface area contributed by atoms with Gasteiger partial charge in [0.05, 0.1) is 5.56 Å². The van der Waals surface area contributed by atoms with Crippen LogP contribution in [0.1, 0.15) is 33.2 Å². The first-order valence-corrected chi connectivity index (χ1v) is 6.39. The monoisotopic (exact) mass is 284 g/mol. The molecular weight excluding hydrogens is 268 g/mol. The molecule has 0 radical (unpaired) electrons. The van der Waals surface area contributed by atoms with E-state index in [1.807, 2.05) is 6.07 Å². The Balaban J connectivity index is 2.18. The Hall–Kier alpha value is -2.82. The van der Waals surface area contributed by atoms with E-state index in [1.165, 1.54) is 6.92 Å². The van der Waals surface area contributed by atoms with E-state index in [4.69, 9.17) is 16.2 Å². The molecule has 0 saturated carbocycles. The Labute approximate surface area is 122 Å². The second kappa shape index (κ2) is 6.09. The van der Waals surface area contributed by atoms with Crippen molar-refractivity contribution in [2.75, 3.05) is 5.73 Å². The lowest BCUT2D eigenvalue weighted by Crippen LogP contribution is -2.11. The molecule has 0 aliphatic heterocycles. The van der Waals surface area contributed by atoms with Crippen molar-refractivity contribution >= 4 is 17.4 Å². The van der Waals surface area contributed by atoms with Crippen LogP contribution in [0.25, 0.3) is 0 Å². The van der Waals surface area contributed by atoms with Crippen molar-refractivity contribution in [3.05, 3.63) is 59.2 Å². The lowest BCUT2D eigenvalue weighted by atomic mass is 10.1. The van der Waals surface area contributed by atoms with Gasteiger partial charge < -0.3 is 16.2 Å². The molecule has 21 heavy (non-hydrogen) atoms. The number of ether oxygens (including phenoxy) is 1. The summed E-state index contributed by atoms with van der Waals surface area (Å²) in [6, 6.07) is 11.7. The van der Waals surface area contributed by atoms with E-state index in [0.717, 1.165) is 5.56 Å². The molecule has 0 atom stereocenters. The summed E-state index contributed by atoms with van der Waals surface area (Å²) in [5, 5.41) is 0. The Morgan fingerprint density at radius 3 is 2.57 bits per heavy atom. The first-order chi connectivity index (χ1) is 9.97. The fourth-order valence-electron chi connectivity index (χ4n) is 1.92. The van der Waals surface area contributed by atoms with Crippen LogP contribution in [-0.2, 0) is 6.61 Å². The lowest BCUT2D eigenvalue weighted by Gasteiger charge is -2.11. The number of rotatable bonds is 5. The highest BCUT2D eigenvalue weighted by atomic mass is 16.5. The number of ketones is 1. The molecule has 0 saturated heterocycles. The van der Waals surface area contributed by atoms with Crippen LogP contribution in [0.2, 0.25) is 0 Å². The summed E-state index contributed by atoms with van der Waals surface area (Å²) < 4.78 is 5.65. The maximum Gasteiger partial charge on any atom is 0.248 e. The minimum Gasteiger partial charge on any atom is -0.488 e. The number of amides is 1. The minimum absolute atomic E-state index is 0.122. The maximum atomic E-state index is 11.6. The van der Waals surface area contributed by atoms with Gasteiger partial charge in [-0.2, -0.15) is 0 Å². The van der Waals surface area contributed by atoms with E-state index < -0.39 is 5.91 Å². The highest BCUT2D eigenvalue weighted by Gasteiger charge is 2.09. The van der Waals surface area contributed by atoms with Gasteiger partial charge in [-0.3, -0.25) is 9.59 Å². The molecule has 4 N–H and O–H groups in total. The number of carbonyl (C=O) groups is 2. The molecule has 2 aromatic carbocycles. The number of hydrogen-bond acceptors (Lipinski definition) is 4. The molecule has 0 spiro atoms. The Morgan fingerprint density at radius 1 is 1.14 bits per heavy atom. The third-order valence-corrected chi connectivity index (χ3v) is 2.99. The van der Waals surface area contributed by atoms with Gasteiger partial charge in [0.1, 0.15) is 12.4 Å². The van der Waals surface area contributed by atoms with Crippen molar-refractivity contribution in [2.24, 2.45) is 5.73 Å². The first-order valence-electron chi connectivity index (χ1n) is 6.39. The summed E-state index contributed by atoms with van der Waals surface area (Å²) in [6.45, 7) is 1.68. The molecule has 1 amide bonds. The van der Waals surface area contributed by atoms with E-state index in [2.05, 4.69) is 0 Å². The Bertz CT molecular complexity index is 696. The van der Waals surface area contributed by atoms with Crippen LogP contribution in [0.4, 0.5) is 5.69 Å². The van der Waals surface area contributed by atoms with E-state index in [-0.39, 0.29) is 12.4 Å². The molecule has 0 heterocycles. The summed E-state index contributed by atoms with van der Waals surface area (Å²) in [5.74, 6) is -0.155. The standard InChI is InChI=1S/C16H16N2O3/c1-10(19)14-8-13(17)5-6-15(14)21-9-11-3-2-4-12(7-11)16(18)20/h2-8H,9,17H2,1H3,(H2,18,20). The fourth-order valence-corrected chi connectivity index (χ4v) is 1.92. The van der Waals surface area contributed by atoms with Gasteiger partial charge in [0.25, 0.3) is 0 Å². The molecule has 2 rings (SSSR count). The van der Waals surface area contributed by atoms with Gasteiger partial charge in [0.15, 0.2) is 5.78 Å². The number of nitrogen functional groups attached to an aromatic ring is 1. The molecule has 5 heteroatoms. The van der Waals surface area contributed by atoms with Gasteiger partial charge in [-0.1, -0.05) is 12.1 Å². The smallest absolute Gasteiger partial charge is 0.248 e. The van der Waals surface area contributed by atoms with Gasteiger partial charge >= 0.3 is 0 Å². The SMILES string of the molecule is CC(=O)c1cc(N)ccc1OCc1cccc(C(N)=O)c1. The average molecular weight is 284 g/mol. The van der Waals surface area contributed by atoms with E-state index in [9.17, 15) is 9.59 Å². The lowest BCUT2D eigenvalue weighted by molar-refractivity contribution is 0.0995. The molecule has 0 aromatic heterocycles. The largest absolute Gasteiger partial charge is 0.488 e. The fraction of sp³-hybridized carbons (Fsp3) is 0.125. The average Bonchev–Trinajstić information content (AvgIpc) is 2.46. The van der Waals surface area contributed by atoms with Crippen LogP contribution in [0.5, 0.6) is 5.75 Å². The molecule has 0 aliphatic carbocycles. The zero-order valence-electron chi connectivity index (χ0n) is 11.6. The van der Waals surface area contributed by atoms with Gasteiger partial charge in [-0.15, -0.1) is 0 Å². The maximum absolute atomic E-state index is 11.6. The molecule has 108 valence electrons. The van der Waals surface area contributed by atoms with Gasteiger partial charge in [0, 0.05) is 11.3 Å². The van der Waals surface area contributed by atoms with Crippen LogP contribution >= 0.6 is 0 Å². The zero-order valence-corrected chi connectivity index (χ0v) is 11.6. The van der Waals surface area contributed by atoms with E-state index >= 15 is 0 Å². The topological polar surface area (TPSA) is 95.4 Å². The molecule has 2 aromatic rings. The summed E-state index contributed by atoms with van der Waals surface area (Å²) in [6.07, 6.45) is 0. The second-order valence-corrected chi connectivity index (χ2v) is 4.67. The summed E-state index contributed by atoms with van der Waals surface area (Å²) in [4.78, 5) is 22.7. The molecule has 0 fully saturated rings. The summed E-state index contributed by atoms with van der Waals surface area (Å²) in [7, 11) is 0. The number of carbonyl (C=O) groups excluding carboxylic acids is 2. The molecule has 0 aliphatic rings. The van der Waals surface area contributed by atoms with Crippen LogP contribution < -0.4 is 16.2 Å². The van der Waals surface area contributed by atoms with Crippen molar-refractivity contribution in [1.82, 2.24) is 0 Å². The van der Waals surface area contributed by atoms with E-state index in [0.29, 0.717) is 22.6 Å². The van der Waals surface area contributed by atoms with Crippen molar-refractivity contribution in [3.8, 4) is 5.75 Å². The van der Waals surface area contributed by atoms with Crippen molar-refractivity contribution in [1.29, 1.82) is 0 Å².